The van der Waals surface area contributed by atoms with E-state index in [1.807, 2.05) is 81.4 Å². The van der Waals surface area contributed by atoms with Crippen LogP contribution in [0.4, 0.5) is 0 Å². The maximum absolute atomic E-state index is 12.7. The summed E-state index contributed by atoms with van der Waals surface area (Å²) in [7, 11) is 0. The van der Waals surface area contributed by atoms with Gasteiger partial charge in [-0.1, -0.05) is 60.7 Å². The van der Waals surface area contributed by atoms with E-state index >= 15 is 0 Å². The van der Waals surface area contributed by atoms with Crippen LogP contribution >= 0.6 is 0 Å². The van der Waals surface area contributed by atoms with Gasteiger partial charge in [0, 0.05) is 6.42 Å². The highest BCUT2D eigenvalue weighted by atomic mass is 16.5. The second-order valence-corrected chi connectivity index (χ2v) is 6.15. The lowest BCUT2D eigenvalue weighted by molar-refractivity contribution is -0.140. The normalized spacial score (nSPS) is 12.9. The minimum Gasteiger partial charge on any atom is -0.360 e. The van der Waals surface area contributed by atoms with Gasteiger partial charge in [-0.3, -0.25) is 4.79 Å². The van der Waals surface area contributed by atoms with E-state index in [4.69, 9.17) is 4.74 Å². The summed E-state index contributed by atoms with van der Waals surface area (Å²) in [5.74, 6) is 0.0855. The lowest BCUT2D eigenvalue weighted by atomic mass is 9.99. The number of ether oxygens (including phenoxy) is 1. The lowest BCUT2D eigenvalue weighted by Crippen LogP contribution is -2.28. The molecule has 0 aliphatic carbocycles. The third kappa shape index (κ3) is 4.83. The van der Waals surface area contributed by atoms with E-state index in [2.05, 4.69) is 0 Å². The first-order valence-electron chi connectivity index (χ1n) is 7.25. The highest BCUT2D eigenvalue weighted by Crippen LogP contribution is 2.26. The van der Waals surface area contributed by atoms with Gasteiger partial charge in [0.15, 0.2) is 5.78 Å². The summed E-state index contributed by atoms with van der Waals surface area (Å²) >= 11 is 0. The van der Waals surface area contributed by atoms with E-state index < -0.39 is 6.10 Å². The van der Waals surface area contributed by atoms with Crippen molar-refractivity contribution >= 4 is 5.78 Å². The Morgan fingerprint density at radius 2 is 1.48 bits per heavy atom. The van der Waals surface area contributed by atoms with Crippen LogP contribution in [0.2, 0.25) is 0 Å². The highest BCUT2D eigenvalue weighted by Gasteiger charge is 2.26. The quantitative estimate of drug-likeness (QED) is 0.814. The molecule has 0 aliphatic rings. The number of hydrogen-bond acceptors (Lipinski definition) is 2. The molecule has 0 radical (unpaired) electrons. The van der Waals surface area contributed by atoms with Gasteiger partial charge in [-0.25, -0.2) is 0 Å². The summed E-state index contributed by atoms with van der Waals surface area (Å²) < 4.78 is 6.01. The van der Waals surface area contributed by atoms with Crippen LogP contribution in [0.25, 0.3) is 0 Å². The number of Topliss-reactive ketones (excluding diaryl/α,β-unsaturated/α-hetero) is 1. The summed E-state index contributed by atoms with van der Waals surface area (Å²) in [6.07, 6.45) is -0.136. The largest absolute Gasteiger partial charge is 0.360 e. The molecule has 110 valence electrons. The zero-order chi connectivity index (χ0) is 15.3. The molecule has 0 fully saturated rings. The van der Waals surface area contributed by atoms with Crippen molar-refractivity contribution in [1.29, 1.82) is 0 Å². The Morgan fingerprint density at radius 1 is 0.952 bits per heavy atom. The van der Waals surface area contributed by atoms with Crippen LogP contribution in [0.3, 0.4) is 0 Å². The van der Waals surface area contributed by atoms with Gasteiger partial charge < -0.3 is 4.74 Å². The molecule has 21 heavy (non-hydrogen) atoms. The zero-order valence-electron chi connectivity index (χ0n) is 12.9. The van der Waals surface area contributed by atoms with E-state index in [1.165, 1.54) is 0 Å². The molecule has 0 amide bonds. The molecule has 2 rings (SSSR count). The average Bonchev–Trinajstić information content (AvgIpc) is 2.46. The molecule has 1 unspecified atom stereocenters. The Labute approximate surface area is 126 Å². The van der Waals surface area contributed by atoms with Crippen LogP contribution in [-0.2, 0) is 16.0 Å². The van der Waals surface area contributed by atoms with E-state index in [0.717, 1.165) is 11.1 Å². The smallest absolute Gasteiger partial charge is 0.170 e. The van der Waals surface area contributed by atoms with Gasteiger partial charge in [-0.05, 0) is 31.9 Å². The van der Waals surface area contributed by atoms with E-state index in [9.17, 15) is 4.79 Å². The minimum atomic E-state index is -0.522. The third-order valence-corrected chi connectivity index (χ3v) is 3.09. The molecule has 0 spiro atoms. The molecule has 2 aromatic rings. The van der Waals surface area contributed by atoms with Crippen molar-refractivity contribution in [2.45, 2.75) is 38.9 Å². The fourth-order valence-corrected chi connectivity index (χ4v) is 2.19. The molecule has 0 heterocycles. The summed E-state index contributed by atoms with van der Waals surface area (Å²) in [4.78, 5) is 12.7. The van der Waals surface area contributed by atoms with Crippen molar-refractivity contribution in [1.82, 2.24) is 0 Å². The molecule has 0 saturated carbocycles. The molecule has 0 bridgehead atoms. The minimum absolute atomic E-state index is 0.0855. The van der Waals surface area contributed by atoms with Gasteiger partial charge in [0.05, 0.1) is 5.60 Å². The molecule has 0 saturated heterocycles. The van der Waals surface area contributed by atoms with E-state index in [-0.39, 0.29) is 11.4 Å². The highest BCUT2D eigenvalue weighted by molar-refractivity contribution is 5.86. The first-order chi connectivity index (χ1) is 9.96. The molecule has 2 aromatic carbocycles. The van der Waals surface area contributed by atoms with Crippen LogP contribution in [0.15, 0.2) is 60.7 Å². The van der Waals surface area contributed by atoms with Crippen LogP contribution in [0.1, 0.15) is 38.0 Å². The molecule has 0 N–H and O–H groups in total. The van der Waals surface area contributed by atoms with Crippen LogP contribution in [0, 0.1) is 0 Å². The predicted octanol–water partition coefficient (Wildman–Crippen LogP) is 4.35. The summed E-state index contributed by atoms with van der Waals surface area (Å²) in [5.41, 5.74) is 1.56. The second kappa shape index (κ2) is 6.68. The van der Waals surface area contributed by atoms with Crippen molar-refractivity contribution in [3.05, 3.63) is 71.8 Å². The Hall–Kier alpha value is -1.93. The predicted molar refractivity (Wildman–Crippen MR) is 85.2 cm³/mol. The first-order valence-corrected chi connectivity index (χ1v) is 7.25. The van der Waals surface area contributed by atoms with Gasteiger partial charge >= 0.3 is 0 Å². The maximum atomic E-state index is 12.7. The Balaban J connectivity index is 2.21. The summed E-state index contributed by atoms with van der Waals surface area (Å²) in [6.45, 7) is 5.91. The van der Waals surface area contributed by atoms with Crippen LogP contribution in [0.5, 0.6) is 0 Å². The molecular weight excluding hydrogens is 260 g/mol. The number of ketones is 1. The third-order valence-electron chi connectivity index (χ3n) is 3.09. The zero-order valence-corrected chi connectivity index (χ0v) is 12.9. The van der Waals surface area contributed by atoms with Gasteiger partial charge in [0.2, 0.25) is 0 Å². The number of rotatable bonds is 5. The van der Waals surface area contributed by atoms with Crippen molar-refractivity contribution in [3.8, 4) is 0 Å². The van der Waals surface area contributed by atoms with E-state index in [0.29, 0.717) is 6.42 Å². The van der Waals surface area contributed by atoms with Crippen molar-refractivity contribution < 1.29 is 9.53 Å². The second-order valence-electron chi connectivity index (χ2n) is 6.15. The average molecular weight is 282 g/mol. The Morgan fingerprint density at radius 3 is 2.00 bits per heavy atom. The van der Waals surface area contributed by atoms with Gasteiger partial charge in [-0.2, -0.15) is 0 Å². The van der Waals surface area contributed by atoms with E-state index in [1.54, 1.807) is 0 Å². The number of carbonyl (C=O) groups excluding carboxylic acids is 1. The number of carbonyl (C=O) groups is 1. The summed E-state index contributed by atoms with van der Waals surface area (Å²) in [6, 6.07) is 19.5. The topological polar surface area (TPSA) is 26.3 Å². The van der Waals surface area contributed by atoms with Crippen LogP contribution in [-0.4, -0.2) is 11.4 Å². The van der Waals surface area contributed by atoms with Crippen molar-refractivity contribution in [2.75, 3.05) is 0 Å². The Bertz CT molecular complexity index is 568. The number of benzene rings is 2. The maximum Gasteiger partial charge on any atom is 0.170 e. The summed E-state index contributed by atoms with van der Waals surface area (Å²) in [5, 5.41) is 0. The molecular formula is C19H22O2. The van der Waals surface area contributed by atoms with Gasteiger partial charge in [-0.15, -0.1) is 0 Å². The molecule has 1 atom stereocenters. The van der Waals surface area contributed by atoms with Crippen LogP contribution < -0.4 is 0 Å². The standard InChI is InChI=1S/C19H22O2/c1-19(2,3)21-18(16-12-8-5-9-13-16)17(20)14-15-10-6-4-7-11-15/h4-13,18H,14H2,1-3H3. The molecule has 2 heteroatoms. The van der Waals surface area contributed by atoms with Crippen molar-refractivity contribution in [2.24, 2.45) is 0 Å². The van der Waals surface area contributed by atoms with Gasteiger partial charge in [0.1, 0.15) is 6.10 Å². The molecule has 0 aliphatic heterocycles. The fourth-order valence-electron chi connectivity index (χ4n) is 2.19. The molecule has 2 nitrogen and oxygen atoms in total. The monoisotopic (exact) mass is 282 g/mol. The SMILES string of the molecule is CC(C)(C)OC(C(=O)Cc1ccccc1)c1ccccc1. The fraction of sp³-hybridized carbons (Fsp3) is 0.316. The van der Waals surface area contributed by atoms with Crippen molar-refractivity contribution in [3.63, 3.8) is 0 Å². The first kappa shape index (κ1) is 15.5. The lowest BCUT2D eigenvalue weighted by Gasteiger charge is -2.27. The van der Waals surface area contributed by atoms with Gasteiger partial charge in [0.25, 0.3) is 0 Å². The number of hydrogen-bond donors (Lipinski definition) is 0. The Kier molecular flexibility index (Phi) is 4.92. The molecule has 0 aromatic heterocycles.